The summed E-state index contributed by atoms with van der Waals surface area (Å²) >= 11 is 0. The van der Waals surface area contributed by atoms with Crippen LogP contribution in [0.4, 0.5) is 0 Å². The van der Waals surface area contributed by atoms with Gasteiger partial charge in [-0.15, -0.1) is 0 Å². The molecule has 8 unspecified atom stereocenters. The molecule has 0 radical (unpaired) electrons. The third-order valence-corrected chi connectivity index (χ3v) is 19.6. The van der Waals surface area contributed by atoms with E-state index < -0.39 is 12.3 Å². The second-order valence-corrected chi connectivity index (χ2v) is 27.2. The predicted octanol–water partition coefficient (Wildman–Crippen LogP) is 11.6. The molecule has 4 saturated heterocycles. The van der Waals surface area contributed by atoms with Crippen LogP contribution in [0.25, 0.3) is 0 Å². The first kappa shape index (κ1) is 88.6. The maximum atomic E-state index is 11.9. The first-order chi connectivity index (χ1) is 47.8. The lowest BCUT2D eigenvalue weighted by atomic mass is 9.79. The third-order valence-electron chi connectivity index (χ3n) is 19.6. The number of hydrogen-bond donors (Lipinski definition) is 2. The fourth-order valence-corrected chi connectivity index (χ4v) is 11.8. The zero-order valence-electron chi connectivity index (χ0n) is 62.9. The smallest absolute Gasteiger partial charge is 0.306 e. The Bertz CT molecular complexity index is 2790. The van der Waals surface area contributed by atoms with Crippen LogP contribution < -0.4 is 0 Å². The molecule has 0 saturated carbocycles. The van der Waals surface area contributed by atoms with Gasteiger partial charge in [0.25, 0.3) is 0 Å². The van der Waals surface area contributed by atoms with E-state index in [2.05, 4.69) is 74.2 Å². The maximum Gasteiger partial charge on any atom is 0.306 e. The Kier molecular flexibility index (Phi) is 41.8. The Morgan fingerprint density at radius 1 is 0.406 bits per heavy atom. The van der Waals surface area contributed by atoms with Crippen LogP contribution in [0.1, 0.15) is 187 Å². The Morgan fingerprint density at radius 2 is 0.752 bits per heavy atom. The van der Waals surface area contributed by atoms with Gasteiger partial charge in [0.15, 0.2) is 18.5 Å². The number of carboxylic acids is 1. The number of aliphatic hydroxyl groups excluding tert-OH is 1. The summed E-state index contributed by atoms with van der Waals surface area (Å²) in [5.41, 5.74) is 1.98. The van der Waals surface area contributed by atoms with E-state index in [1.165, 1.54) is 34.6 Å². The number of ether oxygens (including phenoxy) is 14. The van der Waals surface area contributed by atoms with E-state index in [0.717, 1.165) is 17.5 Å². The first-order valence-electron chi connectivity index (χ1n) is 35.8. The molecule has 0 aromatic heterocycles. The van der Waals surface area contributed by atoms with Gasteiger partial charge in [-0.2, -0.15) is 0 Å². The second-order valence-electron chi connectivity index (χ2n) is 27.2. The van der Waals surface area contributed by atoms with Crippen LogP contribution in [-0.4, -0.2) is 166 Å². The number of unbranched alkanes of at least 4 members (excludes halogenated alkanes) is 3. The first-order valence-corrected chi connectivity index (χ1v) is 35.8. The zero-order chi connectivity index (χ0) is 75.3. The summed E-state index contributed by atoms with van der Waals surface area (Å²) in [6.45, 7) is 34.6. The van der Waals surface area contributed by atoms with Gasteiger partial charge in [0.1, 0.15) is 45.7 Å². The van der Waals surface area contributed by atoms with Gasteiger partial charge >= 0.3 is 47.8 Å². The van der Waals surface area contributed by atoms with Crippen molar-refractivity contribution in [2.45, 2.75) is 244 Å². The van der Waals surface area contributed by atoms with Gasteiger partial charge in [0.2, 0.25) is 12.6 Å². The molecule has 572 valence electrons. The van der Waals surface area contributed by atoms with Crippen LogP contribution in [0.3, 0.4) is 0 Å². The number of nitrogens with zero attached hydrogens (tertiary/aromatic N) is 1. The fraction of sp³-hybridized carbons (Fsp3) is 0.724. The predicted molar refractivity (Wildman–Crippen MR) is 372 cm³/mol. The number of benzene rings is 2. The molecule has 0 aliphatic carbocycles. The highest BCUT2D eigenvalue weighted by molar-refractivity contribution is 5.75. The fourth-order valence-electron chi connectivity index (χ4n) is 11.8. The minimum Gasteiger partial charge on any atom is -0.481 e. The number of hydrogen-bond acceptors (Lipinski definition) is 24. The zero-order valence-corrected chi connectivity index (χ0v) is 62.9. The molecule has 101 heavy (non-hydrogen) atoms. The van der Waals surface area contributed by atoms with Crippen molar-refractivity contribution in [2.24, 2.45) is 70.1 Å². The normalized spacial score (nSPS) is 29.2. The molecule has 5 heterocycles. The van der Waals surface area contributed by atoms with E-state index >= 15 is 0 Å². The molecule has 0 spiro atoms. The average Bonchev–Trinajstić information content (AvgIpc) is 1.75. The maximum absolute atomic E-state index is 11.9. The van der Waals surface area contributed by atoms with Crippen molar-refractivity contribution >= 4 is 53.7 Å². The number of aliphatic hydroxyl groups is 1. The minimum absolute atomic E-state index is 0.0681. The molecule has 5 aliphatic rings. The molecule has 2 aromatic rings. The van der Waals surface area contributed by atoms with Gasteiger partial charge in [0.05, 0.1) is 24.4 Å². The SMILES string of the molecule is CC(=O)OCC1O[C@@H](OC(C)=O)C(C)[C@@H](C)[C@H]1C.CC(=O)OCC1O[C@@H](OCCCCC(=O)O)C(C)[C@@H](C)[C@H]1C.CC(=O)OCC1O[C@@H](OCCCCC(=O)OCc2ccccc2)C(C)[C@@H](C)[C@H]1C.CC(=O)OCC1O[C@@H]2OC(C)=NC2[C@@H](C)[C@H]1C.O=C(CCCCO)OCc1ccccc1. The highest BCUT2D eigenvalue weighted by Crippen LogP contribution is 2.39. The van der Waals surface area contributed by atoms with E-state index in [-0.39, 0.29) is 172 Å². The van der Waals surface area contributed by atoms with Crippen molar-refractivity contribution in [3.8, 4) is 0 Å². The number of carbonyl (C=O) groups is 8. The van der Waals surface area contributed by atoms with E-state index in [4.69, 9.17) is 76.5 Å². The quantitative estimate of drug-likeness (QED) is 0.0434. The Morgan fingerprint density at radius 3 is 1.12 bits per heavy atom. The van der Waals surface area contributed by atoms with Gasteiger partial charge in [0, 0.05) is 98.4 Å². The summed E-state index contributed by atoms with van der Waals surface area (Å²) in [7, 11) is 0. The molecular formula is C76H119NO24. The lowest BCUT2D eigenvalue weighted by Gasteiger charge is -2.43. The van der Waals surface area contributed by atoms with Crippen molar-refractivity contribution in [2.75, 3.05) is 46.2 Å². The third kappa shape index (κ3) is 33.6. The molecule has 0 amide bonds. The molecule has 5 aliphatic heterocycles. The Hall–Kier alpha value is -6.61. The molecule has 4 fully saturated rings. The van der Waals surface area contributed by atoms with Crippen molar-refractivity contribution in [1.82, 2.24) is 0 Å². The molecule has 2 aromatic carbocycles. The lowest BCUT2D eigenvalue weighted by Crippen LogP contribution is -2.49. The molecule has 20 atom stereocenters. The second kappa shape index (κ2) is 47.6. The van der Waals surface area contributed by atoms with Gasteiger partial charge in [-0.25, -0.2) is 4.99 Å². The van der Waals surface area contributed by atoms with Crippen LogP contribution in [0.2, 0.25) is 0 Å². The molecule has 2 N–H and O–H groups in total. The number of carbonyl (C=O) groups excluding carboxylic acids is 7. The summed E-state index contributed by atoms with van der Waals surface area (Å²) in [5, 5.41) is 17.1. The average molecular weight is 1430 g/mol. The van der Waals surface area contributed by atoms with Crippen LogP contribution >= 0.6 is 0 Å². The number of carboxylic acid groups (broad SMARTS) is 1. The largest absolute Gasteiger partial charge is 0.481 e. The molecule has 7 rings (SSSR count). The monoisotopic (exact) mass is 1430 g/mol. The van der Waals surface area contributed by atoms with Gasteiger partial charge in [-0.3, -0.25) is 38.4 Å². The van der Waals surface area contributed by atoms with Crippen molar-refractivity contribution in [3.05, 3.63) is 71.8 Å². The van der Waals surface area contributed by atoms with E-state index in [1.807, 2.05) is 74.5 Å². The summed E-state index contributed by atoms with van der Waals surface area (Å²) < 4.78 is 76.5. The molecular weight excluding hydrogens is 1310 g/mol. The van der Waals surface area contributed by atoms with Crippen LogP contribution in [0.5, 0.6) is 0 Å². The minimum atomic E-state index is -0.786. The summed E-state index contributed by atoms with van der Waals surface area (Å²) in [6.07, 6.45) is 2.78. The van der Waals surface area contributed by atoms with Gasteiger partial charge in [-0.05, 0) is 97.0 Å². The van der Waals surface area contributed by atoms with Crippen LogP contribution in [0, 0.1) is 65.1 Å². The van der Waals surface area contributed by atoms with Crippen LogP contribution in [0.15, 0.2) is 65.7 Å². The number of aliphatic carboxylic acids is 1. The van der Waals surface area contributed by atoms with E-state index in [0.29, 0.717) is 101 Å². The number of esters is 7. The van der Waals surface area contributed by atoms with E-state index in [1.54, 1.807) is 0 Å². The topological polar surface area (TPSA) is 319 Å². The number of rotatable bonds is 29. The van der Waals surface area contributed by atoms with Crippen molar-refractivity contribution in [3.63, 3.8) is 0 Å². The number of aliphatic imine (C=N–C) groups is 1. The Labute approximate surface area is 598 Å². The van der Waals surface area contributed by atoms with Crippen molar-refractivity contribution < 1.29 is 115 Å². The van der Waals surface area contributed by atoms with E-state index in [9.17, 15) is 38.4 Å². The molecule has 25 nitrogen and oxygen atoms in total. The van der Waals surface area contributed by atoms with Crippen molar-refractivity contribution in [1.29, 1.82) is 0 Å². The lowest BCUT2D eigenvalue weighted by molar-refractivity contribution is -0.255. The standard InChI is InChI=1S/C23H34O6.C16H28O6.C13H22O5.C12H19NO4.C12H16O3/c1-16-17(2)21(15-27-19(4)24)29-23(18(16)3)26-13-9-8-12-22(25)28-14-20-10-6-5-7-11-20;1-10-11(2)14(9-21-13(4)17)22-16(12(10)3)20-8-6-5-7-15(18)19;1-7-8(2)12(6-16-10(4)14)18-13(9(7)3)17-11(5)15;1-6-7(2)11-12(16-8(3)13-11)17-10(6)5-15-9(4)14;13-9-5-4-8-12(14)15-10-11-6-2-1-3-7-11/h5-7,10-11,16-18,21,23H,8-9,12-15H2,1-4H3;10-12,14,16H,5-9H2,1-4H3,(H,18,19);7-9,12-13H,6H2,1-5H3;6-7,10-12H,5H2,1-4H3;1-3,6-7,13H,4-5,8-10H2/t16-,17+,18?,21?,23+;10-,11+,12?,14?,16+;7-,8+,9?,12?,13+;6-,7+,10?,11?,12+;/m0001./s1. The van der Waals surface area contributed by atoms with Crippen LogP contribution in [-0.2, 0) is 118 Å². The number of fused-ring (bicyclic) bond motifs is 1. The van der Waals surface area contributed by atoms with Gasteiger partial charge in [-0.1, -0.05) is 137 Å². The molecule has 0 bridgehead atoms. The summed E-state index contributed by atoms with van der Waals surface area (Å²) in [4.78, 5) is 92.7. The van der Waals surface area contributed by atoms with Gasteiger partial charge < -0.3 is 76.5 Å². The Balaban J connectivity index is 0.000000335. The summed E-state index contributed by atoms with van der Waals surface area (Å²) in [6, 6.07) is 19.3. The highest BCUT2D eigenvalue weighted by atomic mass is 16.7. The highest BCUT2D eigenvalue weighted by Gasteiger charge is 2.47. The molecule has 25 heteroatoms. The summed E-state index contributed by atoms with van der Waals surface area (Å²) in [5.74, 6) is 1.05.